The fourth-order valence-corrected chi connectivity index (χ4v) is 5.98. The van der Waals surface area contributed by atoms with Crippen molar-refractivity contribution in [1.82, 2.24) is 10.6 Å². The Kier molecular flexibility index (Phi) is 8.82. The van der Waals surface area contributed by atoms with Crippen molar-refractivity contribution in [2.45, 2.75) is 73.7 Å². The van der Waals surface area contributed by atoms with E-state index in [0.717, 1.165) is 12.0 Å². The number of hydrogen-bond donors (Lipinski definition) is 5. The molecule has 2 saturated heterocycles. The van der Waals surface area contributed by atoms with Crippen molar-refractivity contribution >= 4 is 34.8 Å². The maximum Gasteiger partial charge on any atom is 0.240 e. The van der Waals surface area contributed by atoms with Crippen LogP contribution in [0.2, 0.25) is 0 Å². The highest BCUT2D eigenvalue weighted by molar-refractivity contribution is 7.99. The van der Waals surface area contributed by atoms with Gasteiger partial charge in [-0.15, -0.1) is 23.4 Å². The number of thioether (sulfide) groups is 1. The summed E-state index contributed by atoms with van der Waals surface area (Å²) in [6, 6.07) is 7.03. The zero-order chi connectivity index (χ0) is 25.3. The van der Waals surface area contributed by atoms with Gasteiger partial charge in [0.25, 0.3) is 0 Å². The largest absolute Gasteiger partial charge is 0.388 e. The average molecular weight is 527 g/mol. The lowest BCUT2D eigenvalue weighted by Gasteiger charge is -2.44. The zero-order valence-electron chi connectivity index (χ0n) is 20.1. The number of ether oxygens (including phenoxy) is 2. The van der Waals surface area contributed by atoms with E-state index in [0.29, 0.717) is 13.2 Å². The Morgan fingerprint density at radius 1 is 1.20 bits per heavy atom. The van der Waals surface area contributed by atoms with E-state index in [2.05, 4.69) is 47.9 Å². The van der Waals surface area contributed by atoms with Gasteiger partial charge in [-0.2, -0.15) is 0 Å². The smallest absolute Gasteiger partial charge is 0.240 e. The summed E-state index contributed by atoms with van der Waals surface area (Å²) in [7, 11) is 0. The van der Waals surface area contributed by atoms with Crippen LogP contribution in [0.15, 0.2) is 30.3 Å². The second kappa shape index (κ2) is 11.5. The maximum absolute atomic E-state index is 13.4. The van der Waals surface area contributed by atoms with Crippen molar-refractivity contribution in [3.63, 3.8) is 0 Å². The lowest BCUT2D eigenvalue weighted by Crippen LogP contribution is -2.65. The van der Waals surface area contributed by atoms with Crippen LogP contribution in [0.5, 0.6) is 0 Å². The van der Waals surface area contributed by atoms with Gasteiger partial charge >= 0.3 is 0 Å². The molecule has 2 fully saturated rings. The van der Waals surface area contributed by atoms with Gasteiger partial charge in [-0.1, -0.05) is 35.9 Å². The van der Waals surface area contributed by atoms with Gasteiger partial charge in [-0.25, -0.2) is 0 Å². The number of nitrogens with one attached hydrogen (secondary N) is 2. The molecule has 0 spiro atoms. The molecular weight excluding hydrogens is 492 g/mol. The van der Waals surface area contributed by atoms with Crippen LogP contribution in [0, 0.1) is 12.8 Å². The lowest BCUT2D eigenvalue weighted by molar-refractivity contribution is -0.205. The highest BCUT2D eigenvalue weighted by Gasteiger charge is 2.49. The summed E-state index contributed by atoms with van der Waals surface area (Å²) in [5.41, 5.74) is 2.83. The number of carbonyl (C=O) groups excluding carboxylic acids is 1. The SMILES string of the molecule is CSC1O[C@H]([C@H](NC(=O)[C@H]2NC[C@@H]3C=C(c4ccc(C)cc4)CCO[C@@H]23)[C@H](C)Cl)[C@@H](O)C(O)[C@H]1O. The molecule has 1 aromatic rings. The molecule has 194 valence electrons. The Balaban J connectivity index is 1.47. The molecule has 10 heteroatoms. The number of aliphatic hydroxyl groups excluding tert-OH is 3. The van der Waals surface area contributed by atoms with Crippen molar-refractivity contribution in [2.75, 3.05) is 19.4 Å². The van der Waals surface area contributed by atoms with Gasteiger partial charge in [0.05, 0.1) is 24.1 Å². The third-order valence-corrected chi connectivity index (χ3v) is 8.25. The predicted octanol–water partition coefficient (Wildman–Crippen LogP) is 1.04. The number of aryl methyl sites for hydroxylation is 1. The minimum absolute atomic E-state index is 0.0331. The van der Waals surface area contributed by atoms with Crippen molar-refractivity contribution in [2.24, 2.45) is 5.92 Å². The van der Waals surface area contributed by atoms with Crippen molar-refractivity contribution < 1.29 is 29.6 Å². The monoisotopic (exact) mass is 526 g/mol. The Hall–Kier alpha value is -1.17. The van der Waals surface area contributed by atoms with E-state index in [1.807, 2.05) is 0 Å². The van der Waals surface area contributed by atoms with Crippen LogP contribution in [0.3, 0.4) is 0 Å². The van der Waals surface area contributed by atoms with E-state index in [4.69, 9.17) is 21.1 Å². The minimum atomic E-state index is -1.41. The molecule has 3 heterocycles. The molecule has 3 aliphatic heterocycles. The van der Waals surface area contributed by atoms with E-state index in [1.54, 1.807) is 13.2 Å². The molecule has 3 aliphatic rings. The first kappa shape index (κ1) is 26.9. The topological polar surface area (TPSA) is 120 Å². The van der Waals surface area contributed by atoms with Crippen molar-refractivity contribution in [3.8, 4) is 0 Å². The van der Waals surface area contributed by atoms with E-state index in [9.17, 15) is 20.1 Å². The summed E-state index contributed by atoms with van der Waals surface area (Å²) in [4.78, 5) is 13.4. The number of aliphatic hydroxyl groups is 3. The van der Waals surface area contributed by atoms with Gasteiger partial charge in [0.2, 0.25) is 5.91 Å². The number of rotatable bonds is 6. The van der Waals surface area contributed by atoms with Crippen molar-refractivity contribution in [1.29, 1.82) is 0 Å². The highest BCUT2D eigenvalue weighted by atomic mass is 35.5. The molecule has 0 aromatic heterocycles. The number of hydrogen-bond acceptors (Lipinski definition) is 8. The van der Waals surface area contributed by atoms with Crippen molar-refractivity contribution in [3.05, 3.63) is 41.5 Å². The molecule has 1 amide bonds. The molecule has 35 heavy (non-hydrogen) atoms. The van der Waals surface area contributed by atoms with Gasteiger partial charge in [0.1, 0.15) is 35.9 Å². The van der Waals surface area contributed by atoms with E-state index < -0.39 is 47.3 Å². The molecule has 1 aromatic carbocycles. The number of carbonyl (C=O) groups is 1. The molecule has 0 aliphatic carbocycles. The van der Waals surface area contributed by atoms with E-state index in [-0.39, 0.29) is 17.9 Å². The fourth-order valence-electron chi connectivity index (χ4n) is 5.09. The summed E-state index contributed by atoms with van der Waals surface area (Å²) in [5.74, 6) is -0.273. The van der Waals surface area contributed by atoms with Crippen LogP contribution in [-0.4, -0.2) is 94.1 Å². The van der Waals surface area contributed by atoms with Gasteiger partial charge in [-0.3, -0.25) is 4.79 Å². The molecule has 0 saturated carbocycles. The van der Waals surface area contributed by atoms with Gasteiger partial charge < -0.3 is 35.4 Å². The zero-order valence-corrected chi connectivity index (χ0v) is 21.7. The quantitative estimate of drug-likeness (QED) is 0.349. The molecule has 2 unspecified atom stereocenters. The first-order valence-corrected chi connectivity index (χ1v) is 13.7. The summed E-state index contributed by atoms with van der Waals surface area (Å²) in [5, 5.41) is 36.7. The van der Waals surface area contributed by atoms with Gasteiger partial charge in [0, 0.05) is 12.5 Å². The Labute approximate surface area is 215 Å². The van der Waals surface area contributed by atoms with Crippen LogP contribution in [0.1, 0.15) is 24.5 Å². The average Bonchev–Trinajstić information content (AvgIpc) is 3.12. The van der Waals surface area contributed by atoms with Crippen LogP contribution in [-0.2, 0) is 14.3 Å². The van der Waals surface area contributed by atoms with Gasteiger partial charge in [-0.05, 0) is 37.7 Å². The third kappa shape index (κ3) is 5.72. The van der Waals surface area contributed by atoms with Gasteiger partial charge in [0.15, 0.2) is 0 Å². The number of halogens is 1. The van der Waals surface area contributed by atoms with E-state index in [1.165, 1.54) is 22.9 Å². The van der Waals surface area contributed by atoms with E-state index >= 15 is 0 Å². The summed E-state index contributed by atoms with van der Waals surface area (Å²) in [6.45, 7) is 4.86. The molecule has 0 radical (unpaired) electrons. The highest BCUT2D eigenvalue weighted by Crippen LogP contribution is 2.32. The summed E-state index contributed by atoms with van der Waals surface area (Å²) < 4.78 is 12.0. The fraction of sp³-hybridized carbons (Fsp3) is 0.640. The molecule has 10 atom stereocenters. The predicted molar refractivity (Wildman–Crippen MR) is 136 cm³/mol. The Morgan fingerprint density at radius 3 is 2.57 bits per heavy atom. The standard InChI is InChI=1S/C25H35ClN2O6S/c1-12-4-6-14(7-5-12)15-8-9-33-22-16(10-15)11-27-18(22)24(32)28-17(13(2)26)23-20(30)19(29)21(31)25(34-23)35-3/h4-7,10,13,16-23,25,27,29-31H,8-9,11H2,1-3H3,(H,28,32)/t13-,16-,17+,18-,19?,20-,21+,22+,23+,25?/m0/s1. The number of benzene rings is 1. The van der Waals surface area contributed by atoms with Crippen LogP contribution in [0.25, 0.3) is 5.57 Å². The lowest BCUT2D eigenvalue weighted by atomic mass is 9.92. The molecule has 4 rings (SSSR count). The normalized spacial score (nSPS) is 37.1. The van der Waals surface area contributed by atoms with Crippen LogP contribution in [0.4, 0.5) is 0 Å². The second-order valence-corrected chi connectivity index (χ2v) is 11.2. The number of fused-ring (bicyclic) bond motifs is 1. The van der Waals surface area contributed by atoms with Crippen LogP contribution >= 0.6 is 23.4 Å². The molecule has 0 bridgehead atoms. The Bertz CT molecular complexity index is 914. The molecule has 5 N–H and O–H groups in total. The first-order chi connectivity index (χ1) is 16.7. The minimum Gasteiger partial charge on any atom is -0.388 e. The number of amides is 1. The number of alkyl halides is 1. The second-order valence-electron chi connectivity index (χ2n) is 9.58. The first-order valence-electron chi connectivity index (χ1n) is 12.0. The molecule has 8 nitrogen and oxygen atoms in total. The molecular formula is C25H35ClN2O6S. The third-order valence-electron chi connectivity index (χ3n) is 7.12. The van der Waals surface area contributed by atoms with Crippen LogP contribution < -0.4 is 10.6 Å². The summed E-state index contributed by atoms with van der Waals surface area (Å²) in [6.07, 6.45) is -0.677. The maximum atomic E-state index is 13.4. The summed E-state index contributed by atoms with van der Waals surface area (Å²) >= 11 is 7.63. The Morgan fingerprint density at radius 2 is 1.91 bits per heavy atom.